The van der Waals surface area contributed by atoms with E-state index in [0.717, 1.165) is 37.4 Å². The Balaban J connectivity index is 1.55. The molecule has 1 aliphatic heterocycles. The van der Waals surface area contributed by atoms with Crippen LogP contribution in [0.15, 0.2) is 42.7 Å². The molecular formula is C20H28N4O3. The van der Waals surface area contributed by atoms with Gasteiger partial charge in [0.25, 0.3) is 0 Å². The quantitative estimate of drug-likeness (QED) is 0.873. The second kappa shape index (κ2) is 8.54. The van der Waals surface area contributed by atoms with Gasteiger partial charge in [0.15, 0.2) is 0 Å². The Morgan fingerprint density at radius 1 is 1.37 bits per heavy atom. The highest BCUT2D eigenvalue weighted by molar-refractivity contribution is 5.84. The SMILES string of the molecule is CC(C)(C)OC(=O)Nc1cccc(CN2CCO[C@H](Cn3cccn3)C2)c1. The smallest absolute Gasteiger partial charge is 0.412 e. The summed E-state index contributed by atoms with van der Waals surface area (Å²) in [5.74, 6) is 0. The lowest BCUT2D eigenvalue weighted by Gasteiger charge is -2.33. The fourth-order valence-electron chi connectivity index (χ4n) is 3.08. The summed E-state index contributed by atoms with van der Waals surface area (Å²) >= 11 is 0. The van der Waals surface area contributed by atoms with Gasteiger partial charge in [0.1, 0.15) is 5.60 Å². The lowest BCUT2D eigenvalue weighted by atomic mass is 10.1. The summed E-state index contributed by atoms with van der Waals surface area (Å²) in [5.41, 5.74) is 1.37. The predicted octanol–water partition coefficient (Wildman–Crippen LogP) is 3.13. The minimum absolute atomic E-state index is 0.127. The second-order valence-corrected chi connectivity index (χ2v) is 7.78. The average molecular weight is 372 g/mol. The van der Waals surface area contributed by atoms with Crippen molar-refractivity contribution in [3.05, 3.63) is 48.3 Å². The van der Waals surface area contributed by atoms with Crippen molar-refractivity contribution in [2.75, 3.05) is 25.0 Å². The molecule has 2 heterocycles. The number of aromatic nitrogens is 2. The highest BCUT2D eigenvalue weighted by Gasteiger charge is 2.21. The summed E-state index contributed by atoms with van der Waals surface area (Å²) in [6.07, 6.45) is 3.42. The van der Waals surface area contributed by atoms with E-state index in [-0.39, 0.29) is 6.10 Å². The average Bonchev–Trinajstić information content (AvgIpc) is 3.06. The lowest BCUT2D eigenvalue weighted by Crippen LogP contribution is -2.43. The highest BCUT2D eigenvalue weighted by atomic mass is 16.6. The molecule has 0 spiro atoms. The molecule has 1 amide bonds. The van der Waals surface area contributed by atoms with Crippen LogP contribution in [0.5, 0.6) is 0 Å². The fraction of sp³-hybridized carbons (Fsp3) is 0.500. The van der Waals surface area contributed by atoms with Crippen LogP contribution in [0.25, 0.3) is 0 Å². The number of nitrogens with zero attached hydrogens (tertiary/aromatic N) is 3. The van der Waals surface area contributed by atoms with Gasteiger partial charge in [-0.05, 0) is 44.5 Å². The molecule has 146 valence electrons. The summed E-state index contributed by atoms with van der Waals surface area (Å²) in [5, 5.41) is 7.05. The predicted molar refractivity (Wildman–Crippen MR) is 104 cm³/mol. The summed E-state index contributed by atoms with van der Waals surface area (Å²) in [7, 11) is 0. The van der Waals surface area contributed by atoms with Gasteiger partial charge < -0.3 is 9.47 Å². The standard InChI is InChI=1S/C20H28N4O3/c1-20(2,3)27-19(25)22-17-7-4-6-16(12-17)13-23-10-11-26-18(14-23)15-24-9-5-8-21-24/h4-9,12,18H,10-11,13-15H2,1-3H3,(H,22,25)/t18-/m0/s1. The zero-order valence-corrected chi connectivity index (χ0v) is 16.2. The first-order valence-electron chi connectivity index (χ1n) is 9.28. The number of anilines is 1. The first kappa shape index (κ1) is 19.4. The zero-order valence-electron chi connectivity index (χ0n) is 16.2. The number of carbonyl (C=O) groups excluding carboxylic acids is 1. The summed E-state index contributed by atoms with van der Waals surface area (Å²) in [4.78, 5) is 14.3. The molecule has 1 saturated heterocycles. The molecule has 1 fully saturated rings. The Labute approximate surface area is 160 Å². The number of hydrogen-bond acceptors (Lipinski definition) is 5. The number of hydrogen-bond donors (Lipinski definition) is 1. The highest BCUT2D eigenvalue weighted by Crippen LogP contribution is 2.17. The molecule has 0 radical (unpaired) electrons. The summed E-state index contributed by atoms with van der Waals surface area (Å²) in [6, 6.07) is 9.79. The molecule has 0 aliphatic carbocycles. The fourth-order valence-corrected chi connectivity index (χ4v) is 3.08. The molecule has 27 heavy (non-hydrogen) atoms. The number of morpholine rings is 1. The molecule has 1 aromatic carbocycles. The maximum absolute atomic E-state index is 12.0. The van der Waals surface area contributed by atoms with Crippen LogP contribution in [0.3, 0.4) is 0 Å². The van der Waals surface area contributed by atoms with Crippen LogP contribution in [0.1, 0.15) is 26.3 Å². The molecule has 0 saturated carbocycles. The molecule has 0 unspecified atom stereocenters. The maximum Gasteiger partial charge on any atom is 0.412 e. The van der Waals surface area contributed by atoms with Crippen molar-refractivity contribution >= 4 is 11.8 Å². The third-order valence-corrected chi connectivity index (χ3v) is 4.15. The maximum atomic E-state index is 12.0. The number of amides is 1. The van der Waals surface area contributed by atoms with Crippen molar-refractivity contribution in [2.24, 2.45) is 0 Å². The van der Waals surface area contributed by atoms with Crippen molar-refractivity contribution in [3.63, 3.8) is 0 Å². The van der Waals surface area contributed by atoms with E-state index >= 15 is 0 Å². The number of rotatable bonds is 5. The topological polar surface area (TPSA) is 68.6 Å². The lowest BCUT2D eigenvalue weighted by molar-refractivity contribution is -0.0402. The van der Waals surface area contributed by atoms with E-state index in [9.17, 15) is 4.79 Å². The van der Waals surface area contributed by atoms with Gasteiger partial charge in [-0.25, -0.2) is 4.79 Å². The first-order chi connectivity index (χ1) is 12.9. The second-order valence-electron chi connectivity index (χ2n) is 7.78. The number of ether oxygens (including phenoxy) is 2. The minimum atomic E-state index is -0.515. The van der Waals surface area contributed by atoms with Crippen LogP contribution < -0.4 is 5.32 Å². The van der Waals surface area contributed by atoms with Crippen LogP contribution in [0, 0.1) is 0 Å². The van der Waals surface area contributed by atoms with Gasteiger partial charge in [-0.15, -0.1) is 0 Å². The summed E-state index contributed by atoms with van der Waals surface area (Å²) in [6.45, 7) is 9.56. The Morgan fingerprint density at radius 2 is 2.22 bits per heavy atom. The van der Waals surface area contributed by atoms with Crippen molar-refractivity contribution in [1.82, 2.24) is 14.7 Å². The molecule has 7 nitrogen and oxygen atoms in total. The molecule has 7 heteroatoms. The van der Waals surface area contributed by atoms with Crippen molar-refractivity contribution in [3.8, 4) is 0 Å². The van der Waals surface area contributed by atoms with Crippen LogP contribution in [-0.2, 0) is 22.6 Å². The third-order valence-electron chi connectivity index (χ3n) is 4.15. The summed E-state index contributed by atoms with van der Waals surface area (Å²) < 4.78 is 13.1. The molecular weight excluding hydrogens is 344 g/mol. The molecule has 1 N–H and O–H groups in total. The van der Waals surface area contributed by atoms with Crippen molar-refractivity contribution < 1.29 is 14.3 Å². The van der Waals surface area contributed by atoms with Gasteiger partial charge >= 0.3 is 6.09 Å². The van der Waals surface area contributed by atoms with E-state index in [0.29, 0.717) is 6.61 Å². The zero-order chi connectivity index (χ0) is 19.3. The Bertz CT molecular complexity index is 740. The largest absolute Gasteiger partial charge is 0.444 e. The van der Waals surface area contributed by atoms with E-state index in [2.05, 4.69) is 21.4 Å². The molecule has 3 rings (SSSR count). The number of nitrogens with one attached hydrogen (secondary N) is 1. The number of benzene rings is 1. The Hall–Kier alpha value is -2.38. The van der Waals surface area contributed by atoms with Crippen LogP contribution >= 0.6 is 0 Å². The van der Waals surface area contributed by atoms with Gasteiger partial charge in [0.2, 0.25) is 0 Å². The molecule has 1 aliphatic rings. The van der Waals surface area contributed by atoms with E-state index in [1.54, 1.807) is 6.20 Å². The van der Waals surface area contributed by atoms with Crippen molar-refractivity contribution in [2.45, 2.75) is 45.6 Å². The molecule has 1 aromatic heterocycles. The van der Waals surface area contributed by atoms with E-state index in [1.807, 2.05) is 55.9 Å². The van der Waals surface area contributed by atoms with Gasteiger partial charge in [-0.2, -0.15) is 5.10 Å². The monoisotopic (exact) mass is 372 g/mol. The van der Waals surface area contributed by atoms with Gasteiger partial charge in [0, 0.05) is 37.7 Å². The molecule has 1 atom stereocenters. The molecule has 0 bridgehead atoms. The van der Waals surface area contributed by atoms with Crippen LogP contribution in [0.2, 0.25) is 0 Å². The normalized spacial score (nSPS) is 18.3. The first-order valence-corrected chi connectivity index (χ1v) is 9.28. The third kappa shape index (κ3) is 6.37. The van der Waals surface area contributed by atoms with Gasteiger partial charge in [-0.3, -0.25) is 14.9 Å². The minimum Gasteiger partial charge on any atom is -0.444 e. The number of carbonyl (C=O) groups is 1. The van der Waals surface area contributed by atoms with Crippen molar-refractivity contribution in [1.29, 1.82) is 0 Å². The van der Waals surface area contributed by atoms with E-state index in [4.69, 9.17) is 9.47 Å². The van der Waals surface area contributed by atoms with Gasteiger partial charge in [0.05, 0.1) is 19.3 Å². The Kier molecular flexibility index (Phi) is 6.13. The van der Waals surface area contributed by atoms with Crippen LogP contribution in [-0.4, -0.2) is 52.2 Å². The van der Waals surface area contributed by atoms with E-state index < -0.39 is 11.7 Å². The van der Waals surface area contributed by atoms with E-state index in [1.165, 1.54) is 0 Å². The molecule has 2 aromatic rings. The Morgan fingerprint density at radius 3 is 2.96 bits per heavy atom. The van der Waals surface area contributed by atoms with Gasteiger partial charge in [-0.1, -0.05) is 12.1 Å². The van der Waals surface area contributed by atoms with Crippen LogP contribution in [0.4, 0.5) is 10.5 Å².